The van der Waals surface area contributed by atoms with Crippen molar-refractivity contribution in [3.63, 3.8) is 0 Å². The first-order chi connectivity index (χ1) is 10.4. The number of nitrogens with zero attached hydrogens (tertiary/aromatic N) is 1. The van der Waals surface area contributed by atoms with E-state index in [1.807, 2.05) is 0 Å². The van der Waals surface area contributed by atoms with Gasteiger partial charge in [0.05, 0.1) is 17.5 Å². The summed E-state index contributed by atoms with van der Waals surface area (Å²) < 4.78 is 40.4. The fraction of sp³-hybridized carbons (Fsp3) is 0.214. The molecule has 22 heavy (non-hydrogen) atoms. The van der Waals surface area contributed by atoms with Gasteiger partial charge in [-0.2, -0.15) is 0 Å². The van der Waals surface area contributed by atoms with E-state index in [1.54, 1.807) is 12.1 Å². The largest absolute Gasteiger partial charge is 0.390 e. The van der Waals surface area contributed by atoms with E-state index < -0.39 is 21.9 Å². The van der Waals surface area contributed by atoms with Gasteiger partial charge >= 0.3 is 0 Å². The van der Waals surface area contributed by atoms with Crippen LogP contribution in [0.25, 0.3) is 0 Å². The van der Waals surface area contributed by atoms with Gasteiger partial charge in [0.1, 0.15) is 5.82 Å². The molecule has 1 aromatic heterocycles. The summed E-state index contributed by atoms with van der Waals surface area (Å²) in [5.41, 5.74) is -0.297. The lowest BCUT2D eigenvalue weighted by molar-refractivity contribution is 0.156. The number of rotatable bonds is 6. The Morgan fingerprint density at radius 2 is 2.00 bits per heavy atom. The minimum Gasteiger partial charge on any atom is -0.390 e. The van der Waals surface area contributed by atoms with Crippen molar-refractivity contribution >= 4 is 10.0 Å². The SMILES string of the molecule is O=c1ccccn1CC(O)CNS(=O)(=O)c1cccc(F)c1. The third-order valence-electron chi connectivity index (χ3n) is 2.92. The van der Waals surface area contributed by atoms with Crippen LogP contribution in [-0.2, 0) is 16.6 Å². The van der Waals surface area contributed by atoms with Crippen LogP contribution in [0.15, 0.2) is 58.4 Å². The molecule has 0 radical (unpaired) electrons. The Balaban J connectivity index is 2.00. The Labute approximate surface area is 126 Å². The molecule has 0 spiro atoms. The van der Waals surface area contributed by atoms with Crippen molar-refractivity contribution in [1.82, 2.24) is 9.29 Å². The number of nitrogens with one attached hydrogen (secondary N) is 1. The van der Waals surface area contributed by atoms with Crippen LogP contribution in [-0.4, -0.2) is 30.7 Å². The van der Waals surface area contributed by atoms with E-state index in [9.17, 15) is 22.7 Å². The van der Waals surface area contributed by atoms with Gasteiger partial charge in [-0.25, -0.2) is 17.5 Å². The molecule has 2 aromatic rings. The van der Waals surface area contributed by atoms with Gasteiger partial charge in [0, 0.05) is 18.8 Å². The summed E-state index contributed by atoms with van der Waals surface area (Å²) in [6.07, 6.45) is 0.399. The van der Waals surface area contributed by atoms with Gasteiger partial charge in [0.2, 0.25) is 10.0 Å². The van der Waals surface area contributed by atoms with Gasteiger partial charge in [-0.3, -0.25) is 4.79 Å². The fourth-order valence-corrected chi connectivity index (χ4v) is 2.93. The molecule has 0 bridgehead atoms. The highest BCUT2D eigenvalue weighted by Gasteiger charge is 2.16. The Kier molecular flexibility index (Phi) is 5.07. The number of hydrogen-bond acceptors (Lipinski definition) is 4. The molecule has 1 aromatic carbocycles. The molecule has 8 heteroatoms. The van der Waals surface area contributed by atoms with E-state index in [2.05, 4.69) is 4.72 Å². The van der Waals surface area contributed by atoms with E-state index in [1.165, 1.54) is 29.0 Å². The third-order valence-corrected chi connectivity index (χ3v) is 4.34. The van der Waals surface area contributed by atoms with Gasteiger partial charge in [0.25, 0.3) is 5.56 Å². The van der Waals surface area contributed by atoms with Gasteiger partial charge in [0.15, 0.2) is 0 Å². The van der Waals surface area contributed by atoms with Crippen LogP contribution < -0.4 is 10.3 Å². The molecular formula is C14H15FN2O4S. The normalized spacial score (nSPS) is 13.0. The Bertz CT molecular complexity index is 804. The second-order valence-electron chi connectivity index (χ2n) is 4.65. The number of aliphatic hydroxyl groups excluding tert-OH is 1. The number of halogens is 1. The van der Waals surface area contributed by atoms with Crippen molar-refractivity contribution < 1.29 is 17.9 Å². The summed E-state index contributed by atoms with van der Waals surface area (Å²) >= 11 is 0. The minimum absolute atomic E-state index is 0.0503. The maximum absolute atomic E-state index is 13.0. The molecule has 1 atom stereocenters. The highest BCUT2D eigenvalue weighted by molar-refractivity contribution is 7.89. The second-order valence-corrected chi connectivity index (χ2v) is 6.42. The van der Waals surface area contributed by atoms with Gasteiger partial charge in [-0.05, 0) is 24.3 Å². The first-order valence-corrected chi connectivity index (χ1v) is 7.95. The van der Waals surface area contributed by atoms with Crippen molar-refractivity contribution in [1.29, 1.82) is 0 Å². The molecule has 0 aliphatic rings. The van der Waals surface area contributed by atoms with Crippen molar-refractivity contribution in [3.8, 4) is 0 Å². The standard InChI is InChI=1S/C14H15FN2O4S/c15-11-4-3-5-13(8-11)22(20,21)16-9-12(18)10-17-7-2-1-6-14(17)19/h1-8,12,16,18H,9-10H2. The van der Waals surface area contributed by atoms with Gasteiger partial charge < -0.3 is 9.67 Å². The van der Waals surface area contributed by atoms with E-state index in [0.29, 0.717) is 0 Å². The van der Waals surface area contributed by atoms with Gasteiger partial charge in [-0.1, -0.05) is 12.1 Å². The maximum atomic E-state index is 13.0. The molecule has 1 heterocycles. The Morgan fingerprint density at radius 1 is 1.23 bits per heavy atom. The lowest BCUT2D eigenvalue weighted by Gasteiger charge is -2.13. The molecule has 6 nitrogen and oxygen atoms in total. The average molecular weight is 326 g/mol. The van der Waals surface area contributed by atoms with E-state index >= 15 is 0 Å². The van der Waals surface area contributed by atoms with E-state index in [0.717, 1.165) is 12.1 Å². The Hall–Kier alpha value is -2.03. The minimum atomic E-state index is -3.92. The van der Waals surface area contributed by atoms with Crippen LogP contribution in [0.5, 0.6) is 0 Å². The molecule has 0 saturated carbocycles. The molecule has 0 saturated heterocycles. The number of pyridine rings is 1. The van der Waals surface area contributed by atoms with Crippen LogP contribution >= 0.6 is 0 Å². The van der Waals surface area contributed by atoms with E-state index in [-0.39, 0.29) is 23.5 Å². The summed E-state index contributed by atoms with van der Waals surface area (Å²) in [7, 11) is -3.92. The molecule has 0 amide bonds. The zero-order valence-corrected chi connectivity index (χ0v) is 12.3. The fourth-order valence-electron chi connectivity index (χ4n) is 1.83. The molecule has 2 N–H and O–H groups in total. The highest BCUT2D eigenvalue weighted by Crippen LogP contribution is 2.10. The van der Waals surface area contributed by atoms with Crippen LogP contribution in [0, 0.1) is 5.82 Å². The first-order valence-electron chi connectivity index (χ1n) is 6.47. The second kappa shape index (κ2) is 6.82. The molecule has 118 valence electrons. The number of aromatic nitrogens is 1. The van der Waals surface area contributed by atoms with Crippen molar-refractivity contribution in [2.75, 3.05) is 6.54 Å². The zero-order valence-electron chi connectivity index (χ0n) is 11.5. The predicted molar refractivity (Wildman–Crippen MR) is 78.3 cm³/mol. The summed E-state index contributed by atoms with van der Waals surface area (Å²) in [6.45, 7) is -0.342. The molecule has 0 aliphatic carbocycles. The highest BCUT2D eigenvalue weighted by atomic mass is 32.2. The van der Waals surface area contributed by atoms with E-state index in [4.69, 9.17) is 0 Å². The molecule has 0 aliphatic heterocycles. The smallest absolute Gasteiger partial charge is 0.250 e. The monoisotopic (exact) mass is 326 g/mol. The lowest BCUT2D eigenvalue weighted by atomic mass is 10.3. The number of sulfonamides is 1. The summed E-state index contributed by atoms with van der Waals surface area (Å²) in [5, 5.41) is 9.83. The number of benzene rings is 1. The summed E-state index contributed by atoms with van der Waals surface area (Å²) in [4.78, 5) is 11.3. The molecule has 2 rings (SSSR count). The average Bonchev–Trinajstić information content (AvgIpc) is 2.48. The van der Waals surface area contributed by atoms with Crippen molar-refractivity contribution in [2.24, 2.45) is 0 Å². The van der Waals surface area contributed by atoms with Crippen LogP contribution in [0.2, 0.25) is 0 Å². The Morgan fingerprint density at radius 3 is 2.68 bits per heavy atom. The van der Waals surface area contributed by atoms with Crippen LogP contribution in [0.3, 0.4) is 0 Å². The van der Waals surface area contributed by atoms with Gasteiger partial charge in [-0.15, -0.1) is 0 Å². The molecule has 0 fully saturated rings. The lowest BCUT2D eigenvalue weighted by Crippen LogP contribution is -2.36. The van der Waals surface area contributed by atoms with Crippen molar-refractivity contribution in [2.45, 2.75) is 17.5 Å². The van der Waals surface area contributed by atoms with Crippen LogP contribution in [0.1, 0.15) is 0 Å². The quantitative estimate of drug-likeness (QED) is 0.800. The topological polar surface area (TPSA) is 88.4 Å². The first kappa shape index (κ1) is 16.3. The zero-order chi connectivity index (χ0) is 16.2. The molecule has 1 unspecified atom stereocenters. The third kappa shape index (κ3) is 4.23. The predicted octanol–water partition coefficient (Wildman–Crippen LogP) is 0.327. The number of hydrogen-bond donors (Lipinski definition) is 2. The number of aliphatic hydroxyl groups is 1. The summed E-state index contributed by atoms with van der Waals surface area (Å²) in [6, 6.07) is 9.09. The summed E-state index contributed by atoms with van der Waals surface area (Å²) in [5.74, 6) is -0.667. The maximum Gasteiger partial charge on any atom is 0.250 e. The van der Waals surface area contributed by atoms with Crippen molar-refractivity contribution in [3.05, 3.63) is 64.8 Å². The van der Waals surface area contributed by atoms with Crippen LogP contribution in [0.4, 0.5) is 4.39 Å². The molecular weight excluding hydrogens is 311 g/mol.